The van der Waals surface area contributed by atoms with Gasteiger partial charge in [-0.3, -0.25) is 0 Å². The summed E-state index contributed by atoms with van der Waals surface area (Å²) in [5.41, 5.74) is 6.46. The van der Waals surface area contributed by atoms with Gasteiger partial charge in [0.2, 0.25) is 0 Å². The van der Waals surface area contributed by atoms with Crippen LogP contribution in [0.2, 0.25) is 0 Å². The standard InChI is InChI=1S/C12H15BrFNO/c13-9-4-5-10(14)8(6-9)7-16-12-3-1-2-11(12)15/h4-6,11-12H,1-3,7,15H2. The van der Waals surface area contributed by atoms with Crippen LogP contribution >= 0.6 is 15.9 Å². The lowest BCUT2D eigenvalue weighted by atomic mass is 10.2. The Labute approximate surface area is 103 Å². The van der Waals surface area contributed by atoms with Gasteiger partial charge in [0, 0.05) is 16.1 Å². The normalized spacial score (nSPS) is 24.9. The highest BCUT2D eigenvalue weighted by Crippen LogP contribution is 2.23. The summed E-state index contributed by atoms with van der Waals surface area (Å²) in [4.78, 5) is 0. The second kappa shape index (κ2) is 5.25. The minimum atomic E-state index is -0.227. The van der Waals surface area contributed by atoms with Gasteiger partial charge in [-0.15, -0.1) is 0 Å². The van der Waals surface area contributed by atoms with Gasteiger partial charge >= 0.3 is 0 Å². The van der Waals surface area contributed by atoms with Crippen molar-refractivity contribution in [2.24, 2.45) is 5.73 Å². The zero-order valence-electron chi connectivity index (χ0n) is 8.96. The van der Waals surface area contributed by atoms with E-state index in [1.807, 2.05) is 0 Å². The summed E-state index contributed by atoms with van der Waals surface area (Å²) < 4.78 is 19.9. The molecule has 2 nitrogen and oxygen atoms in total. The first kappa shape index (κ1) is 12.0. The molecule has 1 aromatic carbocycles. The van der Waals surface area contributed by atoms with Crippen LogP contribution in [0.3, 0.4) is 0 Å². The molecule has 1 aromatic rings. The number of rotatable bonds is 3. The smallest absolute Gasteiger partial charge is 0.128 e. The maximum atomic E-state index is 13.4. The van der Waals surface area contributed by atoms with Crippen molar-refractivity contribution in [1.82, 2.24) is 0 Å². The van der Waals surface area contributed by atoms with Crippen LogP contribution < -0.4 is 5.73 Å². The molecule has 88 valence electrons. The average molecular weight is 288 g/mol. The van der Waals surface area contributed by atoms with Crippen LogP contribution in [0.5, 0.6) is 0 Å². The predicted octanol–water partition coefficient (Wildman–Crippen LogP) is 2.98. The van der Waals surface area contributed by atoms with Gasteiger partial charge in [-0.2, -0.15) is 0 Å². The van der Waals surface area contributed by atoms with E-state index in [4.69, 9.17) is 10.5 Å². The third-order valence-electron chi connectivity index (χ3n) is 2.96. The maximum absolute atomic E-state index is 13.4. The predicted molar refractivity (Wildman–Crippen MR) is 64.5 cm³/mol. The van der Waals surface area contributed by atoms with Crippen LogP contribution in [0.1, 0.15) is 24.8 Å². The van der Waals surface area contributed by atoms with Crippen molar-refractivity contribution in [3.63, 3.8) is 0 Å². The van der Waals surface area contributed by atoms with Gasteiger partial charge in [0.05, 0.1) is 12.7 Å². The number of ether oxygens (including phenoxy) is 1. The second-order valence-electron chi connectivity index (χ2n) is 4.18. The van der Waals surface area contributed by atoms with Crippen LogP contribution in [0.15, 0.2) is 22.7 Å². The highest BCUT2D eigenvalue weighted by atomic mass is 79.9. The molecule has 1 aliphatic carbocycles. The lowest BCUT2D eigenvalue weighted by molar-refractivity contribution is 0.0342. The van der Waals surface area contributed by atoms with Crippen LogP contribution in [-0.2, 0) is 11.3 Å². The molecule has 1 saturated carbocycles. The lowest BCUT2D eigenvalue weighted by Crippen LogP contribution is -2.31. The highest BCUT2D eigenvalue weighted by molar-refractivity contribution is 9.10. The Morgan fingerprint density at radius 2 is 2.25 bits per heavy atom. The van der Waals surface area contributed by atoms with Crippen molar-refractivity contribution in [3.8, 4) is 0 Å². The van der Waals surface area contributed by atoms with E-state index in [1.165, 1.54) is 6.07 Å². The summed E-state index contributed by atoms with van der Waals surface area (Å²) in [6.07, 6.45) is 3.17. The zero-order chi connectivity index (χ0) is 11.5. The van der Waals surface area contributed by atoms with E-state index in [0.717, 1.165) is 23.7 Å². The first-order valence-corrected chi connectivity index (χ1v) is 6.27. The fourth-order valence-corrected chi connectivity index (χ4v) is 2.42. The first-order valence-electron chi connectivity index (χ1n) is 5.48. The Morgan fingerprint density at radius 3 is 2.94 bits per heavy atom. The molecule has 2 rings (SSSR count). The minimum Gasteiger partial charge on any atom is -0.372 e. The molecular weight excluding hydrogens is 273 g/mol. The van der Waals surface area contributed by atoms with Gasteiger partial charge in [0.1, 0.15) is 5.82 Å². The van der Waals surface area contributed by atoms with E-state index >= 15 is 0 Å². The molecule has 2 atom stereocenters. The fourth-order valence-electron chi connectivity index (χ4n) is 2.01. The van der Waals surface area contributed by atoms with E-state index in [0.29, 0.717) is 12.2 Å². The molecule has 0 saturated heterocycles. The molecule has 0 radical (unpaired) electrons. The third-order valence-corrected chi connectivity index (χ3v) is 3.46. The summed E-state index contributed by atoms with van der Waals surface area (Å²) in [5, 5.41) is 0. The first-order chi connectivity index (χ1) is 7.66. The van der Waals surface area contributed by atoms with Crippen LogP contribution in [0.25, 0.3) is 0 Å². The van der Waals surface area contributed by atoms with Crippen molar-refractivity contribution in [3.05, 3.63) is 34.1 Å². The highest BCUT2D eigenvalue weighted by Gasteiger charge is 2.24. The van der Waals surface area contributed by atoms with Crippen LogP contribution in [0, 0.1) is 5.82 Å². The number of nitrogens with two attached hydrogens (primary N) is 1. The van der Waals surface area contributed by atoms with Gasteiger partial charge in [-0.25, -0.2) is 4.39 Å². The molecule has 0 aromatic heterocycles. The zero-order valence-corrected chi connectivity index (χ0v) is 10.5. The SMILES string of the molecule is NC1CCCC1OCc1cc(Br)ccc1F. The Balaban J connectivity index is 1.96. The van der Waals surface area contributed by atoms with Crippen molar-refractivity contribution in [2.75, 3.05) is 0 Å². The third kappa shape index (κ3) is 2.81. The fraction of sp³-hybridized carbons (Fsp3) is 0.500. The minimum absolute atomic E-state index is 0.0818. The van der Waals surface area contributed by atoms with Crippen molar-refractivity contribution in [2.45, 2.75) is 38.0 Å². The molecule has 4 heteroatoms. The summed E-state index contributed by atoms with van der Waals surface area (Å²) >= 11 is 3.31. The van der Waals surface area contributed by atoms with E-state index < -0.39 is 0 Å². The van der Waals surface area contributed by atoms with E-state index in [-0.39, 0.29) is 18.0 Å². The molecule has 0 spiro atoms. The van der Waals surface area contributed by atoms with Gasteiger partial charge < -0.3 is 10.5 Å². The van der Waals surface area contributed by atoms with Gasteiger partial charge in [-0.05, 0) is 37.5 Å². The topological polar surface area (TPSA) is 35.2 Å². The Bertz CT molecular complexity index is 372. The number of benzene rings is 1. The molecule has 2 unspecified atom stereocenters. The quantitative estimate of drug-likeness (QED) is 0.928. The molecule has 0 aliphatic heterocycles. The Kier molecular flexibility index (Phi) is 3.95. The summed E-state index contributed by atoms with van der Waals surface area (Å²) in [5.74, 6) is -0.227. The Hall–Kier alpha value is -0.450. The lowest BCUT2D eigenvalue weighted by Gasteiger charge is -2.16. The second-order valence-corrected chi connectivity index (χ2v) is 5.10. The van der Waals surface area contributed by atoms with Gasteiger partial charge in [0.25, 0.3) is 0 Å². The largest absolute Gasteiger partial charge is 0.372 e. The molecule has 16 heavy (non-hydrogen) atoms. The molecule has 2 N–H and O–H groups in total. The molecule has 0 heterocycles. The molecule has 0 bridgehead atoms. The molecular formula is C12H15BrFNO. The van der Waals surface area contributed by atoms with Crippen LogP contribution in [0.4, 0.5) is 4.39 Å². The monoisotopic (exact) mass is 287 g/mol. The average Bonchev–Trinajstić information content (AvgIpc) is 2.66. The summed E-state index contributed by atoms with van der Waals surface area (Å²) in [6, 6.07) is 4.98. The van der Waals surface area contributed by atoms with Crippen molar-refractivity contribution in [1.29, 1.82) is 0 Å². The molecule has 1 aliphatic rings. The van der Waals surface area contributed by atoms with Gasteiger partial charge in [-0.1, -0.05) is 15.9 Å². The summed E-state index contributed by atoms with van der Waals surface area (Å²) in [6.45, 7) is 0.295. The van der Waals surface area contributed by atoms with E-state index in [2.05, 4.69) is 15.9 Å². The molecule has 1 fully saturated rings. The van der Waals surface area contributed by atoms with E-state index in [1.54, 1.807) is 12.1 Å². The van der Waals surface area contributed by atoms with Crippen LogP contribution in [-0.4, -0.2) is 12.1 Å². The maximum Gasteiger partial charge on any atom is 0.128 e. The van der Waals surface area contributed by atoms with Crippen molar-refractivity contribution >= 4 is 15.9 Å². The van der Waals surface area contributed by atoms with E-state index in [9.17, 15) is 4.39 Å². The number of halogens is 2. The van der Waals surface area contributed by atoms with Gasteiger partial charge in [0.15, 0.2) is 0 Å². The molecule has 0 amide bonds. The summed E-state index contributed by atoms with van der Waals surface area (Å²) in [7, 11) is 0. The Morgan fingerprint density at radius 1 is 1.44 bits per heavy atom. The number of hydrogen-bond donors (Lipinski definition) is 1. The van der Waals surface area contributed by atoms with Crippen molar-refractivity contribution < 1.29 is 9.13 Å². The number of hydrogen-bond acceptors (Lipinski definition) is 2.